The fraction of sp³-hybridized carbons (Fsp3) is 0.333. The first-order valence-corrected chi connectivity index (χ1v) is 8.92. The molecule has 0 aliphatic rings. The number of hydrogen-bond donors (Lipinski definition) is 2. The van der Waals surface area contributed by atoms with E-state index in [1.165, 1.54) is 0 Å². The summed E-state index contributed by atoms with van der Waals surface area (Å²) in [6, 6.07) is 18.9. The summed E-state index contributed by atoms with van der Waals surface area (Å²) in [5, 5.41) is 2.72. The van der Waals surface area contributed by atoms with Crippen LogP contribution in [-0.4, -0.2) is 29.8 Å². The fourth-order valence-electron chi connectivity index (χ4n) is 2.74. The molecule has 26 heavy (non-hydrogen) atoms. The normalized spacial score (nSPS) is 12.9. The number of amides is 2. The first-order chi connectivity index (χ1) is 12.5. The minimum absolute atomic E-state index is 0.0225. The van der Waals surface area contributed by atoms with E-state index in [2.05, 4.69) is 5.32 Å². The van der Waals surface area contributed by atoms with Gasteiger partial charge in [-0.2, -0.15) is 0 Å². The Bertz CT molecular complexity index is 690. The van der Waals surface area contributed by atoms with Crippen molar-refractivity contribution >= 4 is 11.8 Å². The maximum Gasteiger partial charge on any atom is 0.242 e. The van der Waals surface area contributed by atoms with E-state index in [0.29, 0.717) is 13.1 Å². The average molecular weight is 353 g/mol. The highest BCUT2D eigenvalue weighted by molar-refractivity contribution is 5.86. The van der Waals surface area contributed by atoms with E-state index in [1.807, 2.05) is 67.6 Å². The van der Waals surface area contributed by atoms with Gasteiger partial charge >= 0.3 is 0 Å². The third-order valence-electron chi connectivity index (χ3n) is 4.50. The summed E-state index contributed by atoms with van der Waals surface area (Å²) in [5.41, 5.74) is 8.14. The standard InChI is InChI=1S/C21H27N3O2/c1-3-24(15-17-10-6-4-7-11-17)19(25)14-23-21(26)16(2)20(22)18-12-8-5-9-13-18/h4-13,16,20H,3,14-15,22H2,1-2H3,(H,23,26). The second-order valence-corrected chi connectivity index (χ2v) is 6.34. The van der Waals surface area contributed by atoms with Crippen molar-refractivity contribution in [2.45, 2.75) is 26.4 Å². The maximum atomic E-state index is 12.4. The molecule has 2 amide bonds. The Balaban J connectivity index is 1.87. The molecule has 138 valence electrons. The number of carbonyl (C=O) groups excluding carboxylic acids is 2. The molecule has 2 unspecified atom stereocenters. The van der Waals surface area contributed by atoms with E-state index in [4.69, 9.17) is 5.73 Å². The van der Waals surface area contributed by atoms with Gasteiger partial charge in [0.25, 0.3) is 0 Å². The quantitative estimate of drug-likeness (QED) is 0.765. The van der Waals surface area contributed by atoms with Crippen molar-refractivity contribution in [3.8, 4) is 0 Å². The van der Waals surface area contributed by atoms with E-state index in [9.17, 15) is 9.59 Å². The summed E-state index contributed by atoms with van der Waals surface area (Å²) in [7, 11) is 0. The Kier molecular flexibility index (Phi) is 7.36. The van der Waals surface area contributed by atoms with E-state index < -0.39 is 12.0 Å². The summed E-state index contributed by atoms with van der Waals surface area (Å²) < 4.78 is 0. The van der Waals surface area contributed by atoms with Gasteiger partial charge in [0.05, 0.1) is 12.5 Å². The molecule has 2 aromatic carbocycles. The molecular formula is C21H27N3O2. The van der Waals surface area contributed by atoms with Crippen molar-refractivity contribution < 1.29 is 9.59 Å². The SMILES string of the molecule is CCN(Cc1ccccc1)C(=O)CNC(=O)C(C)C(N)c1ccccc1. The number of hydrogen-bond acceptors (Lipinski definition) is 3. The van der Waals surface area contributed by atoms with Crippen molar-refractivity contribution in [1.82, 2.24) is 10.2 Å². The summed E-state index contributed by atoms with van der Waals surface area (Å²) in [6.45, 7) is 4.80. The molecule has 0 aliphatic heterocycles. The number of rotatable bonds is 8. The smallest absolute Gasteiger partial charge is 0.242 e. The summed E-state index contributed by atoms with van der Waals surface area (Å²) >= 11 is 0. The van der Waals surface area contributed by atoms with Crippen LogP contribution in [0.1, 0.15) is 31.0 Å². The van der Waals surface area contributed by atoms with Gasteiger partial charge in [0.15, 0.2) is 0 Å². The Morgan fingerprint density at radius 1 is 1.04 bits per heavy atom. The molecule has 0 bridgehead atoms. The Morgan fingerprint density at radius 2 is 1.62 bits per heavy atom. The second kappa shape index (κ2) is 9.73. The molecular weight excluding hydrogens is 326 g/mol. The zero-order chi connectivity index (χ0) is 18.9. The Hall–Kier alpha value is -2.66. The van der Waals surface area contributed by atoms with Crippen molar-refractivity contribution in [3.63, 3.8) is 0 Å². The second-order valence-electron chi connectivity index (χ2n) is 6.34. The van der Waals surface area contributed by atoms with Gasteiger partial charge in [-0.25, -0.2) is 0 Å². The minimum Gasteiger partial charge on any atom is -0.347 e. The number of nitrogens with zero attached hydrogens (tertiary/aromatic N) is 1. The van der Waals surface area contributed by atoms with Crippen molar-refractivity contribution in [2.75, 3.05) is 13.1 Å². The highest BCUT2D eigenvalue weighted by Crippen LogP contribution is 2.18. The number of nitrogens with one attached hydrogen (secondary N) is 1. The van der Waals surface area contributed by atoms with Crippen LogP contribution in [-0.2, 0) is 16.1 Å². The molecule has 0 saturated heterocycles. The molecule has 0 aliphatic carbocycles. The topological polar surface area (TPSA) is 75.4 Å². The van der Waals surface area contributed by atoms with E-state index in [-0.39, 0.29) is 18.4 Å². The van der Waals surface area contributed by atoms with Crippen LogP contribution in [0.2, 0.25) is 0 Å². The van der Waals surface area contributed by atoms with Crippen LogP contribution >= 0.6 is 0 Å². The molecule has 5 heteroatoms. The van der Waals surface area contributed by atoms with Gasteiger partial charge in [-0.3, -0.25) is 9.59 Å². The van der Waals surface area contributed by atoms with E-state index in [1.54, 1.807) is 11.8 Å². The lowest BCUT2D eigenvalue weighted by atomic mass is 9.95. The van der Waals surface area contributed by atoms with E-state index in [0.717, 1.165) is 11.1 Å². The van der Waals surface area contributed by atoms with Crippen LogP contribution in [0.25, 0.3) is 0 Å². The minimum atomic E-state index is -0.422. The van der Waals surface area contributed by atoms with Crippen molar-refractivity contribution in [2.24, 2.45) is 11.7 Å². The van der Waals surface area contributed by atoms with Gasteiger partial charge in [-0.15, -0.1) is 0 Å². The van der Waals surface area contributed by atoms with Crippen molar-refractivity contribution in [3.05, 3.63) is 71.8 Å². The van der Waals surface area contributed by atoms with Gasteiger partial charge < -0.3 is 16.0 Å². The van der Waals surface area contributed by atoms with Gasteiger partial charge in [-0.1, -0.05) is 67.6 Å². The maximum absolute atomic E-state index is 12.4. The molecule has 3 N–H and O–H groups in total. The molecule has 0 radical (unpaired) electrons. The molecule has 5 nitrogen and oxygen atoms in total. The highest BCUT2D eigenvalue weighted by Gasteiger charge is 2.23. The third kappa shape index (κ3) is 5.43. The largest absolute Gasteiger partial charge is 0.347 e. The van der Waals surface area contributed by atoms with Gasteiger partial charge in [0.1, 0.15) is 0 Å². The number of benzene rings is 2. The summed E-state index contributed by atoms with van der Waals surface area (Å²) in [4.78, 5) is 26.5. The molecule has 0 fully saturated rings. The molecule has 0 aromatic heterocycles. The molecule has 0 saturated carbocycles. The summed E-state index contributed by atoms with van der Waals surface area (Å²) in [5.74, 6) is -0.745. The van der Waals surface area contributed by atoms with Crippen LogP contribution in [0.4, 0.5) is 0 Å². The number of likely N-dealkylation sites (N-methyl/N-ethyl adjacent to an activating group) is 1. The lowest BCUT2D eigenvalue weighted by Crippen LogP contribution is -2.43. The first-order valence-electron chi connectivity index (χ1n) is 8.92. The fourth-order valence-corrected chi connectivity index (χ4v) is 2.74. The van der Waals surface area contributed by atoms with Crippen LogP contribution in [0.15, 0.2) is 60.7 Å². The third-order valence-corrected chi connectivity index (χ3v) is 4.50. The van der Waals surface area contributed by atoms with Gasteiger partial charge in [0, 0.05) is 19.1 Å². The monoisotopic (exact) mass is 353 g/mol. The van der Waals surface area contributed by atoms with Crippen molar-refractivity contribution in [1.29, 1.82) is 0 Å². The Morgan fingerprint density at radius 3 is 2.19 bits per heavy atom. The van der Waals surface area contributed by atoms with Crippen LogP contribution in [0.5, 0.6) is 0 Å². The summed E-state index contributed by atoms with van der Waals surface area (Å²) in [6.07, 6.45) is 0. The Labute approximate surface area is 155 Å². The lowest BCUT2D eigenvalue weighted by Gasteiger charge is -2.23. The zero-order valence-electron chi connectivity index (χ0n) is 15.4. The first kappa shape index (κ1) is 19.7. The molecule has 2 aromatic rings. The lowest BCUT2D eigenvalue weighted by molar-refractivity contribution is -0.134. The zero-order valence-corrected chi connectivity index (χ0v) is 15.4. The predicted octanol–water partition coefficient (Wildman–Crippen LogP) is 2.49. The highest BCUT2D eigenvalue weighted by atomic mass is 16.2. The van der Waals surface area contributed by atoms with Crippen LogP contribution in [0, 0.1) is 5.92 Å². The number of nitrogens with two attached hydrogens (primary N) is 1. The molecule has 2 rings (SSSR count). The molecule has 0 heterocycles. The molecule has 0 spiro atoms. The molecule has 2 atom stereocenters. The van der Waals surface area contributed by atoms with E-state index >= 15 is 0 Å². The average Bonchev–Trinajstić information content (AvgIpc) is 2.70. The van der Waals surface area contributed by atoms with Crippen LogP contribution in [0.3, 0.4) is 0 Å². The number of carbonyl (C=O) groups is 2. The van der Waals surface area contributed by atoms with Gasteiger partial charge in [-0.05, 0) is 18.1 Å². The van der Waals surface area contributed by atoms with Crippen LogP contribution < -0.4 is 11.1 Å². The van der Waals surface area contributed by atoms with Gasteiger partial charge in [0.2, 0.25) is 11.8 Å². The predicted molar refractivity (Wildman–Crippen MR) is 103 cm³/mol.